The number of rotatable bonds is 4. The monoisotopic (exact) mass is 306 g/mol. The standard InChI is InChI=1S/C11H12F2N2O4S/c12-6-3-8(13)11(9(4-6)20(14,17)18)19-5-7-1-2-10(16)15-7/h3-4,7H,1-2,5H2,(H,15,16)(H2,14,17,18). The molecule has 9 heteroatoms. The van der Waals surface area contributed by atoms with Gasteiger partial charge >= 0.3 is 0 Å². The Labute approximate surface area is 114 Å². The first-order chi connectivity index (χ1) is 9.27. The van der Waals surface area contributed by atoms with Crippen LogP contribution >= 0.6 is 0 Å². The summed E-state index contributed by atoms with van der Waals surface area (Å²) < 4.78 is 54.3. The molecule has 1 aliphatic rings. The molecule has 1 unspecified atom stereocenters. The molecule has 1 saturated heterocycles. The van der Waals surface area contributed by atoms with Gasteiger partial charge in [0.2, 0.25) is 15.9 Å². The van der Waals surface area contributed by atoms with Crippen LogP contribution in [0.15, 0.2) is 17.0 Å². The fraction of sp³-hybridized carbons (Fsp3) is 0.364. The molecule has 0 saturated carbocycles. The molecule has 2 rings (SSSR count). The molecule has 0 bridgehead atoms. The van der Waals surface area contributed by atoms with Gasteiger partial charge in [0.05, 0.1) is 6.04 Å². The zero-order valence-electron chi connectivity index (χ0n) is 10.2. The number of carbonyl (C=O) groups is 1. The van der Waals surface area contributed by atoms with Gasteiger partial charge in [-0.2, -0.15) is 0 Å². The summed E-state index contributed by atoms with van der Waals surface area (Å²) >= 11 is 0. The number of carbonyl (C=O) groups excluding carboxylic acids is 1. The highest BCUT2D eigenvalue weighted by Crippen LogP contribution is 2.28. The van der Waals surface area contributed by atoms with Crippen molar-refractivity contribution in [3.05, 3.63) is 23.8 Å². The van der Waals surface area contributed by atoms with E-state index in [1.54, 1.807) is 0 Å². The number of sulfonamides is 1. The van der Waals surface area contributed by atoms with Crippen LogP contribution in [0.4, 0.5) is 8.78 Å². The second kappa shape index (κ2) is 5.33. The lowest BCUT2D eigenvalue weighted by Crippen LogP contribution is -2.31. The summed E-state index contributed by atoms with van der Waals surface area (Å²) in [5.41, 5.74) is 0. The summed E-state index contributed by atoms with van der Waals surface area (Å²) in [5, 5.41) is 7.46. The fourth-order valence-corrected chi connectivity index (χ4v) is 2.57. The number of amides is 1. The van der Waals surface area contributed by atoms with Gasteiger partial charge in [-0.1, -0.05) is 0 Å². The number of halogens is 2. The number of benzene rings is 1. The van der Waals surface area contributed by atoms with Crippen molar-refractivity contribution in [2.75, 3.05) is 6.61 Å². The summed E-state index contributed by atoms with van der Waals surface area (Å²) in [6, 6.07) is 0.735. The van der Waals surface area contributed by atoms with Gasteiger partial charge in [0, 0.05) is 12.5 Å². The Morgan fingerprint density at radius 3 is 2.65 bits per heavy atom. The van der Waals surface area contributed by atoms with Crippen LogP contribution in [0.3, 0.4) is 0 Å². The maximum Gasteiger partial charge on any atom is 0.241 e. The normalized spacial score (nSPS) is 18.9. The molecular weight excluding hydrogens is 294 g/mol. The lowest BCUT2D eigenvalue weighted by molar-refractivity contribution is -0.119. The van der Waals surface area contributed by atoms with Crippen molar-refractivity contribution >= 4 is 15.9 Å². The van der Waals surface area contributed by atoms with Gasteiger partial charge in [0.1, 0.15) is 17.3 Å². The fourth-order valence-electron chi connectivity index (χ4n) is 1.87. The van der Waals surface area contributed by atoms with E-state index in [2.05, 4.69) is 5.32 Å². The Morgan fingerprint density at radius 1 is 1.40 bits per heavy atom. The largest absolute Gasteiger partial charge is 0.487 e. The van der Waals surface area contributed by atoms with Gasteiger partial charge in [-0.05, 0) is 12.5 Å². The van der Waals surface area contributed by atoms with Gasteiger partial charge in [-0.3, -0.25) is 4.79 Å². The third-order valence-corrected chi connectivity index (χ3v) is 3.71. The van der Waals surface area contributed by atoms with Gasteiger partial charge in [-0.15, -0.1) is 0 Å². The van der Waals surface area contributed by atoms with Crippen molar-refractivity contribution in [3.8, 4) is 5.75 Å². The van der Waals surface area contributed by atoms with E-state index in [1.807, 2.05) is 0 Å². The molecule has 6 nitrogen and oxygen atoms in total. The van der Waals surface area contributed by atoms with Crippen molar-refractivity contribution in [1.82, 2.24) is 5.32 Å². The number of nitrogens with two attached hydrogens (primary N) is 1. The minimum absolute atomic E-state index is 0.128. The van der Waals surface area contributed by atoms with Crippen molar-refractivity contribution in [3.63, 3.8) is 0 Å². The minimum atomic E-state index is -4.33. The minimum Gasteiger partial charge on any atom is -0.487 e. The maximum absolute atomic E-state index is 13.6. The molecule has 20 heavy (non-hydrogen) atoms. The van der Waals surface area contributed by atoms with E-state index in [9.17, 15) is 22.0 Å². The van der Waals surface area contributed by atoms with Crippen molar-refractivity contribution in [1.29, 1.82) is 0 Å². The second-order valence-corrected chi connectivity index (χ2v) is 5.90. The summed E-state index contributed by atoms with van der Waals surface area (Å²) in [6.07, 6.45) is 0.814. The first-order valence-electron chi connectivity index (χ1n) is 5.71. The van der Waals surface area contributed by atoms with Crippen LogP contribution < -0.4 is 15.2 Å². The summed E-state index contributed by atoms with van der Waals surface area (Å²) in [5.74, 6) is -3.05. The van der Waals surface area contributed by atoms with E-state index >= 15 is 0 Å². The number of primary sulfonamides is 1. The predicted molar refractivity (Wildman–Crippen MR) is 64.4 cm³/mol. The average molecular weight is 306 g/mol. The van der Waals surface area contributed by atoms with Crippen LogP contribution in [0.5, 0.6) is 5.75 Å². The molecule has 0 aliphatic carbocycles. The average Bonchev–Trinajstić information content (AvgIpc) is 2.72. The quantitative estimate of drug-likeness (QED) is 0.834. The summed E-state index contributed by atoms with van der Waals surface area (Å²) in [7, 11) is -4.33. The van der Waals surface area contributed by atoms with Crippen molar-refractivity contribution in [2.45, 2.75) is 23.8 Å². The molecule has 3 N–H and O–H groups in total. The Kier molecular flexibility index (Phi) is 3.91. The van der Waals surface area contributed by atoms with Crippen LogP contribution in [0.1, 0.15) is 12.8 Å². The lowest BCUT2D eigenvalue weighted by Gasteiger charge is -2.14. The highest BCUT2D eigenvalue weighted by atomic mass is 32.2. The molecule has 1 aliphatic heterocycles. The number of ether oxygens (including phenoxy) is 1. The Balaban J connectivity index is 2.24. The van der Waals surface area contributed by atoms with Gasteiger partial charge in [0.25, 0.3) is 0 Å². The van der Waals surface area contributed by atoms with Crippen molar-refractivity contribution < 1.29 is 26.7 Å². The Bertz CT molecular complexity index is 648. The van der Waals surface area contributed by atoms with E-state index in [0.29, 0.717) is 25.0 Å². The zero-order valence-corrected chi connectivity index (χ0v) is 11.0. The lowest BCUT2D eigenvalue weighted by atomic mass is 10.2. The van der Waals surface area contributed by atoms with Gasteiger partial charge in [-0.25, -0.2) is 22.3 Å². The predicted octanol–water partition coefficient (Wildman–Crippen LogP) is 0.270. The third kappa shape index (κ3) is 3.23. The molecule has 0 spiro atoms. The van der Waals surface area contributed by atoms with E-state index in [-0.39, 0.29) is 18.6 Å². The van der Waals surface area contributed by atoms with Crippen molar-refractivity contribution in [2.24, 2.45) is 5.14 Å². The molecule has 1 amide bonds. The van der Waals surface area contributed by atoms with Crippen LogP contribution in [0.2, 0.25) is 0 Å². The SMILES string of the molecule is NS(=O)(=O)c1cc(F)cc(F)c1OCC1CCC(=O)N1. The van der Waals surface area contributed by atoms with Crippen LogP contribution in [0, 0.1) is 11.6 Å². The molecule has 1 aromatic carbocycles. The van der Waals surface area contributed by atoms with Crippen LogP contribution in [-0.4, -0.2) is 27.0 Å². The number of hydrogen-bond donors (Lipinski definition) is 2. The number of hydrogen-bond acceptors (Lipinski definition) is 4. The van der Waals surface area contributed by atoms with Gasteiger partial charge in [0.15, 0.2) is 11.6 Å². The molecule has 1 fully saturated rings. The van der Waals surface area contributed by atoms with Crippen LogP contribution in [-0.2, 0) is 14.8 Å². The van der Waals surface area contributed by atoms with E-state index < -0.39 is 32.3 Å². The first kappa shape index (κ1) is 14.7. The molecule has 1 heterocycles. The highest BCUT2D eigenvalue weighted by molar-refractivity contribution is 7.89. The van der Waals surface area contributed by atoms with E-state index in [4.69, 9.17) is 9.88 Å². The summed E-state index contributed by atoms with van der Waals surface area (Å²) in [6.45, 7) is -0.128. The molecule has 110 valence electrons. The number of nitrogens with one attached hydrogen (secondary N) is 1. The van der Waals surface area contributed by atoms with Gasteiger partial charge < -0.3 is 10.1 Å². The molecule has 1 aromatic rings. The van der Waals surface area contributed by atoms with E-state index in [1.165, 1.54) is 0 Å². The topological polar surface area (TPSA) is 98.5 Å². The maximum atomic E-state index is 13.6. The smallest absolute Gasteiger partial charge is 0.241 e. The zero-order chi connectivity index (χ0) is 14.9. The summed E-state index contributed by atoms with van der Waals surface area (Å²) in [4.78, 5) is 10.2. The Hall–Kier alpha value is -1.74. The molecule has 0 radical (unpaired) electrons. The molecule has 1 atom stereocenters. The highest BCUT2D eigenvalue weighted by Gasteiger charge is 2.25. The Morgan fingerprint density at radius 2 is 2.10 bits per heavy atom. The molecule has 0 aromatic heterocycles. The van der Waals surface area contributed by atoms with Crippen LogP contribution in [0.25, 0.3) is 0 Å². The second-order valence-electron chi connectivity index (χ2n) is 4.37. The third-order valence-electron chi connectivity index (χ3n) is 2.79. The van der Waals surface area contributed by atoms with E-state index in [0.717, 1.165) is 0 Å². The molecular formula is C11H12F2N2O4S. The first-order valence-corrected chi connectivity index (χ1v) is 7.26.